The standard InChI is InChI=1S/C20H28N2O.C19H22N2O2.C19H26N2O.C19H22N2O.C18H19NO.C14H11NO/c1-15-9-8-11-17-16-10-5-6-12-18(16)22(20(15)17)14-7-3-4-13-19(23)21-2;1-20-18(23)12-3-2-6-13-21-15-9-5-4-8-14(15)19-16(21)10-7-11-17(19)22;2*1-20-19(22)13-3-2-8-14-21-17-11-6-4-9-15(17)16-10-5-7-12-18(16)21;1-14(20)8-6-7-13-19-17-11-4-2-9-15(17)16-10-3-5-12-18(16)19;1-10(16)15-13-8-4-2-6-11(13)12-7-3-5-9-14(12)15/h8-9,11H,3-7,10,12-14H2,1-2H3,(H,21,23);4-5,7-11,22H,2-3,6,12-13H2,1H3,(H,20,23);4,6,9,11H,2-3,5,7-8,10,12-14H2,1H3,(H,20,22);4-7,9-12H,2-3,8,13-14H2,1H3,(H,20,22);2-5,9-12H,6-8,13H2,1H3;2-9H,1H3. The number of rotatable bonds is 29. The van der Waals surface area contributed by atoms with E-state index in [1.165, 1.54) is 122 Å². The van der Waals surface area contributed by atoms with E-state index in [-0.39, 0.29) is 35.3 Å². The van der Waals surface area contributed by atoms with Gasteiger partial charge in [-0.25, -0.2) is 0 Å². The van der Waals surface area contributed by atoms with Crippen LogP contribution in [0.15, 0.2) is 231 Å². The third-order valence-electron chi connectivity index (χ3n) is 25.3. The molecule has 2 aliphatic carbocycles. The fourth-order valence-electron chi connectivity index (χ4n) is 19.1. The molecule has 0 unspecified atom stereocenters. The van der Waals surface area contributed by atoms with Crippen LogP contribution in [0, 0.1) is 6.92 Å². The molecule has 4 amide bonds. The molecule has 10 aromatic carbocycles. The highest BCUT2D eigenvalue weighted by Gasteiger charge is 2.23. The lowest BCUT2D eigenvalue weighted by molar-refractivity contribution is -0.121. The molecule has 0 aliphatic heterocycles. The maximum Gasteiger partial charge on any atom is 0.228 e. The van der Waals surface area contributed by atoms with Crippen LogP contribution in [0.25, 0.3) is 109 Å². The Labute approximate surface area is 741 Å². The van der Waals surface area contributed by atoms with Crippen LogP contribution in [0.1, 0.15) is 194 Å². The average Bonchev–Trinajstić information content (AvgIpc) is 1.59. The Morgan fingerprint density at radius 2 is 0.571 bits per heavy atom. The second-order valence-electron chi connectivity index (χ2n) is 33.8. The van der Waals surface area contributed by atoms with Crippen LogP contribution in [-0.2, 0) is 82.4 Å². The van der Waals surface area contributed by atoms with Gasteiger partial charge >= 0.3 is 0 Å². The Kier molecular flexibility index (Phi) is 32.9. The third-order valence-corrected chi connectivity index (χ3v) is 25.3. The predicted molar refractivity (Wildman–Crippen MR) is 522 cm³/mol. The van der Waals surface area contributed by atoms with E-state index in [0.717, 1.165) is 166 Å². The van der Waals surface area contributed by atoms with Crippen molar-refractivity contribution in [3.63, 3.8) is 0 Å². The van der Waals surface area contributed by atoms with Crippen molar-refractivity contribution in [2.24, 2.45) is 0 Å². The van der Waals surface area contributed by atoms with Gasteiger partial charge in [0, 0.05) is 198 Å². The highest BCUT2D eigenvalue weighted by Crippen LogP contribution is 2.39. The summed E-state index contributed by atoms with van der Waals surface area (Å²) in [6, 6.07) is 79.7. The highest BCUT2D eigenvalue weighted by molar-refractivity contribution is 6.14. The summed E-state index contributed by atoms with van der Waals surface area (Å²) >= 11 is 0. The number of hydrogen-bond acceptors (Lipinski definition) is 7. The maximum absolute atomic E-state index is 11.7. The highest BCUT2D eigenvalue weighted by atomic mass is 16.3. The number of phenols is 1. The van der Waals surface area contributed by atoms with Crippen LogP contribution in [-0.4, -0.2) is 96.0 Å². The number of para-hydroxylation sites is 9. The zero-order chi connectivity index (χ0) is 88.3. The summed E-state index contributed by atoms with van der Waals surface area (Å²) in [7, 11) is 6.79. The zero-order valence-corrected chi connectivity index (χ0v) is 75.1. The number of ketones is 1. The lowest BCUT2D eigenvalue weighted by Crippen LogP contribution is -2.17. The normalized spacial score (nSPS) is 12.2. The van der Waals surface area contributed by atoms with E-state index in [0.29, 0.717) is 37.9 Å². The summed E-state index contributed by atoms with van der Waals surface area (Å²) in [5, 5.41) is 33.4. The first kappa shape index (κ1) is 91.2. The van der Waals surface area contributed by atoms with E-state index < -0.39 is 0 Å². The molecule has 0 atom stereocenters. The van der Waals surface area contributed by atoms with E-state index >= 15 is 0 Å². The number of aromatic nitrogens is 6. The first-order valence-corrected chi connectivity index (χ1v) is 46.2. The quantitative estimate of drug-likeness (QED) is 0.0287. The van der Waals surface area contributed by atoms with Crippen molar-refractivity contribution in [1.29, 1.82) is 0 Å². The number of Topliss-reactive ketones (excluding diaryl/α,β-unsaturated/α-hetero) is 1. The third kappa shape index (κ3) is 22.0. The minimum atomic E-state index is 0.0531. The Hall–Kier alpha value is -12.5. The van der Waals surface area contributed by atoms with Crippen molar-refractivity contribution in [1.82, 2.24) is 48.7 Å². The molecule has 126 heavy (non-hydrogen) atoms. The molecule has 2 aliphatic rings. The van der Waals surface area contributed by atoms with Gasteiger partial charge in [-0.1, -0.05) is 196 Å². The molecule has 0 saturated heterocycles. The number of carbonyl (C=O) groups excluding carboxylic acids is 6. The van der Waals surface area contributed by atoms with E-state index in [4.69, 9.17) is 0 Å². The summed E-state index contributed by atoms with van der Waals surface area (Å²) in [5.74, 6) is 1.22. The molecule has 17 heteroatoms. The molecular formula is C109H128N10O7. The summed E-state index contributed by atoms with van der Waals surface area (Å²) in [4.78, 5) is 67.8. The second kappa shape index (κ2) is 45.4. The Balaban J connectivity index is 0.000000130. The number of benzene rings is 10. The van der Waals surface area contributed by atoms with Crippen molar-refractivity contribution >= 4 is 144 Å². The predicted octanol–water partition coefficient (Wildman–Crippen LogP) is 23.9. The molecule has 5 N–H and O–H groups in total. The average molecular weight is 1690 g/mol. The minimum absolute atomic E-state index is 0.0531. The fourth-order valence-corrected chi connectivity index (χ4v) is 19.1. The molecule has 16 aromatic rings. The largest absolute Gasteiger partial charge is 0.507 e. The monoisotopic (exact) mass is 1690 g/mol. The summed E-state index contributed by atoms with van der Waals surface area (Å²) < 4.78 is 14.0. The molecule has 6 aromatic heterocycles. The van der Waals surface area contributed by atoms with Gasteiger partial charge in [-0.15, -0.1) is 0 Å². The van der Waals surface area contributed by atoms with Gasteiger partial charge in [0.15, 0.2) is 0 Å². The van der Waals surface area contributed by atoms with Gasteiger partial charge in [0.25, 0.3) is 0 Å². The van der Waals surface area contributed by atoms with Crippen molar-refractivity contribution in [2.75, 3.05) is 28.2 Å². The van der Waals surface area contributed by atoms with Gasteiger partial charge in [-0.05, 0) is 207 Å². The Bertz CT molecular complexity index is 6260. The molecular weight excluding hydrogens is 1560 g/mol. The van der Waals surface area contributed by atoms with E-state index in [1.54, 1.807) is 75.2 Å². The number of aryl methyl sites for hydroxylation is 8. The van der Waals surface area contributed by atoms with Crippen LogP contribution in [0.2, 0.25) is 0 Å². The molecule has 6 heterocycles. The van der Waals surface area contributed by atoms with Crippen LogP contribution >= 0.6 is 0 Å². The number of nitrogens with zero attached hydrogens (tertiary/aromatic N) is 6. The second-order valence-corrected chi connectivity index (χ2v) is 33.8. The number of hydrogen-bond donors (Lipinski definition) is 5. The van der Waals surface area contributed by atoms with Gasteiger partial charge < -0.3 is 54.0 Å². The molecule has 18 rings (SSSR count). The van der Waals surface area contributed by atoms with Crippen LogP contribution in [0.3, 0.4) is 0 Å². The fraction of sp³-hybridized carbons (Fsp3) is 0.358. The van der Waals surface area contributed by atoms with Crippen molar-refractivity contribution in [3.05, 3.63) is 259 Å². The SMILES string of the molecule is CC(=O)CCCCn1c2ccccc2c2ccccc21.CC(=O)n1c2ccccc2c2ccccc21.CNC(=O)CCCCCn1c2c(c3cccc(C)c31)CCCC2.CNC(=O)CCCCCn1c2c(c3ccccc31)CCCC2.CNC(=O)CCCCCn1c2ccccc2c2c(O)cccc21.CNC(=O)CCCCCn1c2ccccc2c2ccccc21. The Morgan fingerprint density at radius 1 is 0.286 bits per heavy atom. The first-order chi connectivity index (χ1) is 61.6. The van der Waals surface area contributed by atoms with Crippen LogP contribution in [0.5, 0.6) is 5.75 Å². The van der Waals surface area contributed by atoms with Crippen LogP contribution < -0.4 is 21.3 Å². The maximum atomic E-state index is 11.7. The number of unbranched alkanes of at least 4 members (excludes halogenated alkanes) is 9. The van der Waals surface area contributed by atoms with E-state index in [2.05, 4.69) is 221 Å². The summed E-state index contributed by atoms with van der Waals surface area (Å²) in [6.07, 6.45) is 28.0. The van der Waals surface area contributed by atoms with Gasteiger partial charge in [-0.2, -0.15) is 0 Å². The van der Waals surface area contributed by atoms with Crippen molar-refractivity contribution in [3.8, 4) is 5.75 Å². The number of aromatic hydroxyl groups is 1. The number of nitrogens with one attached hydrogen (secondary N) is 4. The molecule has 0 spiro atoms. The topological polar surface area (TPSA) is 200 Å². The van der Waals surface area contributed by atoms with Gasteiger partial charge in [0.2, 0.25) is 29.5 Å². The smallest absolute Gasteiger partial charge is 0.228 e. The number of amides is 4. The molecule has 0 saturated carbocycles. The van der Waals surface area contributed by atoms with Crippen LogP contribution in [0.4, 0.5) is 0 Å². The molecule has 0 fully saturated rings. The summed E-state index contributed by atoms with van der Waals surface area (Å²) in [6.45, 7) is 10.5. The van der Waals surface area contributed by atoms with E-state index in [9.17, 15) is 33.9 Å². The number of fused-ring (bicyclic) bond motifs is 18. The molecule has 0 radical (unpaired) electrons. The van der Waals surface area contributed by atoms with Gasteiger partial charge in [-0.3, -0.25) is 28.5 Å². The van der Waals surface area contributed by atoms with Crippen molar-refractivity contribution < 1.29 is 33.9 Å². The molecule has 0 bridgehead atoms. The first-order valence-electron chi connectivity index (χ1n) is 46.2. The van der Waals surface area contributed by atoms with Crippen molar-refractivity contribution in [2.45, 2.75) is 227 Å². The number of phenolic OH excluding ortho intramolecular Hbond substituents is 1. The lowest BCUT2D eigenvalue weighted by atomic mass is 9.95. The minimum Gasteiger partial charge on any atom is -0.507 e. The lowest BCUT2D eigenvalue weighted by Gasteiger charge is -2.16. The van der Waals surface area contributed by atoms with Gasteiger partial charge in [0.1, 0.15) is 11.5 Å². The number of carbonyl (C=O) groups is 6. The Morgan fingerprint density at radius 3 is 0.976 bits per heavy atom. The molecule has 17 nitrogen and oxygen atoms in total. The zero-order valence-electron chi connectivity index (χ0n) is 75.1. The van der Waals surface area contributed by atoms with Gasteiger partial charge in [0.05, 0.1) is 22.1 Å². The summed E-state index contributed by atoms with van der Waals surface area (Å²) in [5.41, 5.74) is 19.9. The van der Waals surface area contributed by atoms with E-state index in [1.807, 2.05) is 54.6 Å². The molecule has 656 valence electrons.